The zero-order valence-corrected chi connectivity index (χ0v) is 13.6. The first kappa shape index (κ1) is 16.8. The molecule has 0 fully saturated rings. The number of carbonyl (C=O) groups excluding carboxylic acids is 1. The van der Waals surface area contributed by atoms with Crippen molar-refractivity contribution in [3.05, 3.63) is 58.1 Å². The van der Waals surface area contributed by atoms with Crippen molar-refractivity contribution < 1.29 is 14.5 Å². The van der Waals surface area contributed by atoms with E-state index in [1.807, 2.05) is 24.3 Å². The Labute approximate surface area is 138 Å². The molecule has 0 radical (unpaired) electrons. The minimum Gasteiger partial charge on any atom is -0.497 e. The molecule has 0 bridgehead atoms. The van der Waals surface area contributed by atoms with Crippen LogP contribution in [0.5, 0.6) is 5.75 Å². The minimum atomic E-state index is -0.501. The number of nitrogens with one attached hydrogen (secondary N) is 1. The molecule has 0 aliphatic heterocycles. The van der Waals surface area contributed by atoms with Crippen LogP contribution in [-0.2, 0) is 4.79 Å². The van der Waals surface area contributed by atoms with Crippen LogP contribution in [0.2, 0.25) is 0 Å². The maximum atomic E-state index is 12.1. The molecule has 2 aromatic carbocycles. The maximum absolute atomic E-state index is 12.1. The van der Waals surface area contributed by atoms with Crippen LogP contribution in [0.1, 0.15) is 5.56 Å². The average Bonchev–Trinajstić information content (AvgIpc) is 2.55. The average molecular weight is 332 g/mol. The Bertz CT molecular complexity index is 717. The first-order chi connectivity index (χ1) is 11.0. The smallest absolute Gasteiger partial charge is 0.293 e. The van der Waals surface area contributed by atoms with E-state index in [9.17, 15) is 14.9 Å². The molecule has 0 saturated heterocycles. The van der Waals surface area contributed by atoms with E-state index in [0.29, 0.717) is 5.56 Å². The second-order valence-corrected chi connectivity index (χ2v) is 5.79. The van der Waals surface area contributed by atoms with Crippen molar-refractivity contribution in [2.75, 3.05) is 18.2 Å². The standard InChI is InChI=1S/C16H16N2O4S/c1-11-4-3-5-14(18(20)21)16(11)17-15(19)10-23-13-8-6-12(22-2)7-9-13/h3-9H,10H2,1-2H3,(H,17,19). The van der Waals surface area contributed by atoms with Gasteiger partial charge in [-0.25, -0.2) is 0 Å². The molecule has 1 N–H and O–H groups in total. The van der Waals surface area contributed by atoms with Crippen molar-refractivity contribution in [2.24, 2.45) is 0 Å². The van der Waals surface area contributed by atoms with Gasteiger partial charge in [-0.15, -0.1) is 11.8 Å². The van der Waals surface area contributed by atoms with Crippen LogP contribution in [-0.4, -0.2) is 23.7 Å². The Morgan fingerprint density at radius 1 is 1.26 bits per heavy atom. The summed E-state index contributed by atoms with van der Waals surface area (Å²) in [6, 6.07) is 12.0. The largest absolute Gasteiger partial charge is 0.497 e. The van der Waals surface area contributed by atoms with Gasteiger partial charge in [0.15, 0.2) is 0 Å². The van der Waals surface area contributed by atoms with Gasteiger partial charge < -0.3 is 10.1 Å². The third-order valence-corrected chi connectivity index (χ3v) is 4.15. The first-order valence-electron chi connectivity index (χ1n) is 6.82. The van der Waals surface area contributed by atoms with Crippen molar-refractivity contribution in [2.45, 2.75) is 11.8 Å². The summed E-state index contributed by atoms with van der Waals surface area (Å²) >= 11 is 1.35. The minimum absolute atomic E-state index is 0.104. The summed E-state index contributed by atoms with van der Waals surface area (Å²) in [5.41, 5.74) is 0.799. The summed E-state index contributed by atoms with van der Waals surface area (Å²) in [4.78, 5) is 23.5. The number of methoxy groups -OCH3 is 1. The molecule has 23 heavy (non-hydrogen) atoms. The van der Waals surface area contributed by atoms with Crippen molar-refractivity contribution in [3.63, 3.8) is 0 Å². The van der Waals surface area contributed by atoms with Crippen LogP contribution >= 0.6 is 11.8 Å². The predicted molar refractivity (Wildman–Crippen MR) is 90.2 cm³/mol. The van der Waals surface area contributed by atoms with Crippen LogP contribution in [0, 0.1) is 17.0 Å². The van der Waals surface area contributed by atoms with E-state index in [2.05, 4.69) is 5.32 Å². The van der Waals surface area contributed by atoms with Crippen molar-refractivity contribution in [1.82, 2.24) is 0 Å². The normalized spacial score (nSPS) is 10.2. The monoisotopic (exact) mass is 332 g/mol. The Hall–Kier alpha value is -2.54. The Kier molecular flexibility index (Phi) is 5.59. The number of nitrogens with zero attached hydrogens (tertiary/aromatic N) is 1. The summed E-state index contributed by atoms with van der Waals surface area (Å²) < 4.78 is 5.07. The highest BCUT2D eigenvalue weighted by Gasteiger charge is 2.17. The third kappa shape index (κ3) is 4.46. The second-order valence-electron chi connectivity index (χ2n) is 4.74. The molecule has 6 nitrogen and oxygen atoms in total. The molecule has 0 heterocycles. The summed E-state index contributed by atoms with van der Waals surface area (Å²) in [5.74, 6) is 0.621. The van der Waals surface area contributed by atoms with Crippen molar-refractivity contribution >= 4 is 29.0 Å². The van der Waals surface area contributed by atoms with Crippen LogP contribution in [0.4, 0.5) is 11.4 Å². The summed E-state index contributed by atoms with van der Waals surface area (Å²) in [7, 11) is 1.59. The number of ether oxygens (including phenoxy) is 1. The first-order valence-corrected chi connectivity index (χ1v) is 7.80. The van der Waals surface area contributed by atoms with Crippen molar-refractivity contribution in [1.29, 1.82) is 0 Å². The third-order valence-electron chi connectivity index (χ3n) is 3.14. The zero-order chi connectivity index (χ0) is 16.8. The molecule has 0 aliphatic rings. The number of hydrogen-bond acceptors (Lipinski definition) is 5. The number of thioether (sulfide) groups is 1. The van der Waals surface area contributed by atoms with Gasteiger partial charge in [-0.05, 0) is 36.8 Å². The fourth-order valence-electron chi connectivity index (χ4n) is 1.96. The summed E-state index contributed by atoms with van der Waals surface area (Å²) in [6.45, 7) is 1.72. The number of hydrogen-bond donors (Lipinski definition) is 1. The van der Waals surface area contributed by atoms with E-state index >= 15 is 0 Å². The molecule has 0 atom stereocenters. The lowest BCUT2D eigenvalue weighted by molar-refractivity contribution is -0.384. The van der Waals surface area contributed by atoms with E-state index in [1.54, 1.807) is 26.2 Å². The number of amides is 1. The highest BCUT2D eigenvalue weighted by molar-refractivity contribution is 8.00. The van der Waals surface area contributed by atoms with Gasteiger partial charge in [-0.3, -0.25) is 14.9 Å². The molecule has 0 spiro atoms. The van der Waals surface area contributed by atoms with Gasteiger partial charge in [-0.1, -0.05) is 12.1 Å². The molecule has 7 heteroatoms. The highest BCUT2D eigenvalue weighted by Crippen LogP contribution is 2.28. The molecule has 1 amide bonds. The SMILES string of the molecule is COc1ccc(SCC(=O)Nc2c(C)cccc2[N+](=O)[O-])cc1. The van der Waals surface area contributed by atoms with Crippen LogP contribution in [0.3, 0.4) is 0 Å². The number of aryl methyl sites for hydroxylation is 1. The number of rotatable bonds is 6. The van der Waals surface area contributed by atoms with E-state index in [1.165, 1.54) is 17.8 Å². The van der Waals surface area contributed by atoms with E-state index in [4.69, 9.17) is 4.74 Å². The predicted octanol–water partition coefficient (Wildman–Crippen LogP) is 3.64. The molecule has 0 saturated carbocycles. The van der Waals surface area contributed by atoms with Gasteiger partial charge in [0.05, 0.1) is 17.8 Å². The van der Waals surface area contributed by atoms with Crippen molar-refractivity contribution in [3.8, 4) is 5.75 Å². The topological polar surface area (TPSA) is 81.5 Å². The summed E-state index contributed by atoms with van der Waals surface area (Å²) in [5, 5.41) is 13.7. The fraction of sp³-hybridized carbons (Fsp3) is 0.188. The molecule has 0 aliphatic carbocycles. The summed E-state index contributed by atoms with van der Waals surface area (Å²) in [6.07, 6.45) is 0. The highest BCUT2D eigenvalue weighted by atomic mass is 32.2. The Morgan fingerprint density at radius 3 is 2.57 bits per heavy atom. The number of nitro benzene ring substituents is 1. The van der Waals surface area contributed by atoms with Gasteiger partial charge in [0.25, 0.3) is 5.69 Å². The van der Waals surface area contributed by atoms with Crippen LogP contribution in [0.25, 0.3) is 0 Å². The molecule has 0 unspecified atom stereocenters. The molecular formula is C16H16N2O4S. The number of benzene rings is 2. The lowest BCUT2D eigenvalue weighted by Crippen LogP contribution is -2.16. The lowest BCUT2D eigenvalue weighted by atomic mass is 10.1. The van der Waals surface area contributed by atoms with Crippen LogP contribution < -0.4 is 10.1 Å². The number of anilines is 1. The molecule has 120 valence electrons. The quantitative estimate of drug-likeness (QED) is 0.496. The van der Waals surface area contributed by atoms with Gasteiger partial charge in [0.2, 0.25) is 5.91 Å². The zero-order valence-electron chi connectivity index (χ0n) is 12.7. The van der Waals surface area contributed by atoms with Gasteiger partial charge >= 0.3 is 0 Å². The van der Waals surface area contributed by atoms with Gasteiger partial charge in [-0.2, -0.15) is 0 Å². The lowest BCUT2D eigenvalue weighted by Gasteiger charge is -2.09. The Balaban J connectivity index is 2.01. The Morgan fingerprint density at radius 2 is 1.96 bits per heavy atom. The molecule has 2 rings (SSSR count). The maximum Gasteiger partial charge on any atom is 0.293 e. The number of carbonyl (C=O) groups is 1. The number of para-hydroxylation sites is 1. The fourth-order valence-corrected chi connectivity index (χ4v) is 2.66. The van der Waals surface area contributed by atoms with Gasteiger partial charge in [0.1, 0.15) is 11.4 Å². The van der Waals surface area contributed by atoms with E-state index in [-0.39, 0.29) is 23.0 Å². The second kappa shape index (κ2) is 7.64. The molecule has 0 aromatic heterocycles. The van der Waals surface area contributed by atoms with E-state index < -0.39 is 4.92 Å². The van der Waals surface area contributed by atoms with E-state index in [0.717, 1.165) is 10.6 Å². The van der Waals surface area contributed by atoms with Crippen LogP contribution in [0.15, 0.2) is 47.4 Å². The number of nitro groups is 1. The molecular weight excluding hydrogens is 316 g/mol. The molecule has 2 aromatic rings. The van der Waals surface area contributed by atoms with Gasteiger partial charge in [0, 0.05) is 11.0 Å².